The zero-order valence-electron chi connectivity index (χ0n) is 13.3. The number of benzene rings is 1. The zero-order valence-corrected chi connectivity index (χ0v) is 13.3. The van der Waals surface area contributed by atoms with Crippen LogP contribution in [0.1, 0.15) is 27.7 Å². The fourth-order valence-electron chi connectivity index (χ4n) is 2.66. The maximum absolute atomic E-state index is 12.2. The zero-order chi connectivity index (χ0) is 15.4. The molecule has 0 fully saturated rings. The Balaban J connectivity index is 2.52. The van der Waals surface area contributed by atoms with Crippen LogP contribution in [0.25, 0.3) is 11.0 Å². The fourth-order valence-corrected chi connectivity index (χ4v) is 2.66. The molecule has 0 aliphatic heterocycles. The van der Waals surface area contributed by atoms with Gasteiger partial charge < -0.3 is 14.2 Å². The molecule has 4 heteroatoms. The molecule has 0 saturated carbocycles. The van der Waals surface area contributed by atoms with Crippen LogP contribution < -0.4 is 15.4 Å². The Kier molecular flexibility index (Phi) is 4.89. The summed E-state index contributed by atoms with van der Waals surface area (Å²) in [6, 6.07) is 8.00. The van der Waals surface area contributed by atoms with Crippen molar-refractivity contribution in [2.75, 3.05) is 36.0 Å². The molecule has 0 amide bonds. The van der Waals surface area contributed by atoms with Gasteiger partial charge >= 0.3 is 5.63 Å². The molecule has 0 spiro atoms. The molecule has 0 unspecified atom stereocenters. The summed E-state index contributed by atoms with van der Waals surface area (Å²) in [5.74, 6) is 0. The molecule has 2 rings (SSSR count). The summed E-state index contributed by atoms with van der Waals surface area (Å²) in [6.45, 7) is 11.8. The van der Waals surface area contributed by atoms with Gasteiger partial charge in [0, 0.05) is 43.3 Å². The number of anilines is 2. The monoisotopic (exact) mass is 288 g/mol. The van der Waals surface area contributed by atoms with E-state index < -0.39 is 0 Å². The summed E-state index contributed by atoms with van der Waals surface area (Å²) in [5, 5.41) is 0.965. The SMILES string of the molecule is CCN(CC)c1ccc2cc(N(CC)CC)c(=O)oc2c1. The summed E-state index contributed by atoms with van der Waals surface area (Å²) >= 11 is 0. The van der Waals surface area contributed by atoms with Crippen LogP contribution in [0.2, 0.25) is 0 Å². The van der Waals surface area contributed by atoms with Crippen LogP contribution in [-0.4, -0.2) is 26.2 Å². The maximum Gasteiger partial charge on any atom is 0.360 e. The fraction of sp³-hybridized carbons (Fsp3) is 0.471. The van der Waals surface area contributed by atoms with Gasteiger partial charge in [-0.05, 0) is 45.9 Å². The number of rotatable bonds is 6. The van der Waals surface area contributed by atoms with E-state index in [2.05, 4.69) is 24.8 Å². The lowest BCUT2D eigenvalue weighted by atomic mass is 10.2. The first-order valence-electron chi connectivity index (χ1n) is 7.72. The van der Waals surface area contributed by atoms with Crippen molar-refractivity contribution in [1.29, 1.82) is 0 Å². The van der Waals surface area contributed by atoms with Crippen LogP contribution in [0, 0.1) is 0 Å². The maximum atomic E-state index is 12.2. The van der Waals surface area contributed by atoms with E-state index in [0.717, 1.165) is 37.3 Å². The van der Waals surface area contributed by atoms with Gasteiger partial charge in [0.15, 0.2) is 0 Å². The first kappa shape index (κ1) is 15.4. The van der Waals surface area contributed by atoms with E-state index in [1.165, 1.54) is 0 Å². The molecule has 0 aliphatic carbocycles. The molecule has 0 atom stereocenters. The van der Waals surface area contributed by atoms with Crippen molar-refractivity contribution in [3.05, 3.63) is 34.7 Å². The average molecular weight is 288 g/mol. The normalized spacial score (nSPS) is 10.9. The molecule has 114 valence electrons. The third-order valence-electron chi connectivity index (χ3n) is 3.93. The Morgan fingerprint density at radius 3 is 2.10 bits per heavy atom. The van der Waals surface area contributed by atoms with Crippen LogP contribution in [0.5, 0.6) is 0 Å². The Morgan fingerprint density at radius 2 is 1.52 bits per heavy atom. The van der Waals surface area contributed by atoms with E-state index in [1.54, 1.807) is 0 Å². The van der Waals surface area contributed by atoms with Crippen molar-refractivity contribution in [3.63, 3.8) is 0 Å². The highest BCUT2D eigenvalue weighted by atomic mass is 16.4. The molecule has 4 nitrogen and oxygen atoms in total. The summed E-state index contributed by atoms with van der Waals surface area (Å²) in [7, 11) is 0. The van der Waals surface area contributed by atoms with E-state index in [0.29, 0.717) is 11.3 Å². The molecule has 0 N–H and O–H groups in total. The first-order valence-corrected chi connectivity index (χ1v) is 7.72. The minimum Gasteiger partial charge on any atom is -0.421 e. The molecule has 0 bridgehead atoms. The van der Waals surface area contributed by atoms with Crippen LogP contribution in [-0.2, 0) is 0 Å². The van der Waals surface area contributed by atoms with Crippen molar-refractivity contribution >= 4 is 22.3 Å². The Labute approximate surface area is 126 Å². The molecule has 1 aromatic carbocycles. The van der Waals surface area contributed by atoms with Gasteiger partial charge in [0.05, 0.1) is 0 Å². The molecule has 0 saturated heterocycles. The molecule has 1 aromatic heterocycles. The number of hydrogen-bond donors (Lipinski definition) is 0. The van der Waals surface area contributed by atoms with Crippen molar-refractivity contribution in [2.24, 2.45) is 0 Å². The minimum atomic E-state index is -0.261. The standard InChI is InChI=1S/C17H24N2O2/c1-5-18(6-2)14-10-9-13-11-15(19(7-3)8-4)17(20)21-16(13)12-14/h9-12H,5-8H2,1-4H3. The topological polar surface area (TPSA) is 36.7 Å². The van der Waals surface area contributed by atoms with Crippen molar-refractivity contribution < 1.29 is 4.42 Å². The van der Waals surface area contributed by atoms with E-state index in [4.69, 9.17) is 4.42 Å². The van der Waals surface area contributed by atoms with E-state index in [-0.39, 0.29) is 5.63 Å². The van der Waals surface area contributed by atoms with Crippen LogP contribution in [0.4, 0.5) is 11.4 Å². The van der Waals surface area contributed by atoms with Crippen molar-refractivity contribution in [3.8, 4) is 0 Å². The van der Waals surface area contributed by atoms with Gasteiger partial charge in [0.2, 0.25) is 0 Å². The lowest BCUT2D eigenvalue weighted by Gasteiger charge is -2.22. The van der Waals surface area contributed by atoms with Crippen molar-refractivity contribution in [1.82, 2.24) is 0 Å². The molecule has 2 aromatic rings. The first-order chi connectivity index (χ1) is 10.1. The highest BCUT2D eigenvalue weighted by Gasteiger charge is 2.11. The Hall–Kier alpha value is -1.97. The molecule has 1 heterocycles. The number of hydrogen-bond acceptors (Lipinski definition) is 4. The van der Waals surface area contributed by atoms with E-state index in [9.17, 15) is 4.79 Å². The van der Waals surface area contributed by atoms with Crippen LogP contribution in [0.15, 0.2) is 33.5 Å². The molecular weight excluding hydrogens is 264 g/mol. The van der Waals surface area contributed by atoms with Gasteiger partial charge in [0.1, 0.15) is 11.3 Å². The third-order valence-corrected chi connectivity index (χ3v) is 3.93. The highest BCUT2D eigenvalue weighted by molar-refractivity contribution is 5.83. The summed E-state index contributed by atoms with van der Waals surface area (Å²) in [4.78, 5) is 16.4. The average Bonchev–Trinajstić information content (AvgIpc) is 2.50. The summed E-state index contributed by atoms with van der Waals surface area (Å²) in [5.41, 5.74) is 2.12. The Morgan fingerprint density at radius 1 is 0.905 bits per heavy atom. The number of nitrogens with zero attached hydrogens (tertiary/aromatic N) is 2. The second-order valence-electron chi connectivity index (χ2n) is 4.99. The highest BCUT2D eigenvalue weighted by Crippen LogP contribution is 2.24. The quantitative estimate of drug-likeness (QED) is 0.763. The minimum absolute atomic E-state index is 0.261. The van der Waals surface area contributed by atoms with Gasteiger partial charge in [-0.3, -0.25) is 0 Å². The van der Waals surface area contributed by atoms with Crippen LogP contribution >= 0.6 is 0 Å². The van der Waals surface area contributed by atoms with Gasteiger partial charge in [-0.1, -0.05) is 0 Å². The summed E-state index contributed by atoms with van der Waals surface area (Å²) in [6.07, 6.45) is 0. The lowest BCUT2D eigenvalue weighted by Crippen LogP contribution is -2.27. The van der Waals surface area contributed by atoms with Gasteiger partial charge in [-0.15, -0.1) is 0 Å². The second-order valence-corrected chi connectivity index (χ2v) is 4.99. The third kappa shape index (κ3) is 3.04. The lowest BCUT2D eigenvalue weighted by molar-refractivity contribution is 0.557. The predicted molar refractivity (Wildman–Crippen MR) is 89.6 cm³/mol. The smallest absolute Gasteiger partial charge is 0.360 e. The molecule has 0 radical (unpaired) electrons. The molecule has 0 aliphatic rings. The largest absolute Gasteiger partial charge is 0.421 e. The van der Waals surface area contributed by atoms with E-state index >= 15 is 0 Å². The van der Waals surface area contributed by atoms with Gasteiger partial charge in [-0.25, -0.2) is 4.79 Å². The molecule has 21 heavy (non-hydrogen) atoms. The van der Waals surface area contributed by atoms with Crippen molar-refractivity contribution in [2.45, 2.75) is 27.7 Å². The van der Waals surface area contributed by atoms with Crippen LogP contribution in [0.3, 0.4) is 0 Å². The van der Waals surface area contributed by atoms with Gasteiger partial charge in [-0.2, -0.15) is 0 Å². The van der Waals surface area contributed by atoms with E-state index in [1.807, 2.05) is 36.9 Å². The second kappa shape index (κ2) is 6.66. The Bertz CT molecular complexity index is 655. The van der Waals surface area contributed by atoms with Gasteiger partial charge in [0.25, 0.3) is 0 Å². The number of fused-ring (bicyclic) bond motifs is 1. The molecular formula is C17H24N2O2. The summed E-state index contributed by atoms with van der Waals surface area (Å²) < 4.78 is 5.53. The predicted octanol–water partition coefficient (Wildman–Crippen LogP) is 3.49.